The normalized spacial score (nSPS) is 16.6. The van der Waals surface area contributed by atoms with Gasteiger partial charge in [0.1, 0.15) is 5.75 Å². The van der Waals surface area contributed by atoms with Gasteiger partial charge in [0.2, 0.25) is 17.6 Å². The maximum absolute atomic E-state index is 12.4. The molecule has 0 N–H and O–H groups in total. The first-order valence-electron chi connectivity index (χ1n) is 9.13. The zero-order valence-electron chi connectivity index (χ0n) is 15.5. The number of nitrogens with zero attached hydrogens (tertiary/aromatic N) is 3. The Morgan fingerprint density at radius 3 is 2.79 bits per heavy atom. The van der Waals surface area contributed by atoms with Gasteiger partial charge in [0.25, 0.3) is 0 Å². The summed E-state index contributed by atoms with van der Waals surface area (Å²) in [5, 5.41) is 4.79. The van der Waals surface area contributed by atoms with Gasteiger partial charge in [-0.3, -0.25) is 4.79 Å². The van der Waals surface area contributed by atoms with Crippen LogP contribution in [0.4, 0.5) is 0 Å². The molecule has 1 aliphatic rings. The van der Waals surface area contributed by atoms with Crippen molar-refractivity contribution in [3.8, 4) is 17.1 Å². The van der Waals surface area contributed by atoms with Crippen molar-refractivity contribution in [3.05, 3.63) is 65.0 Å². The topological polar surface area (TPSA) is 68.5 Å². The van der Waals surface area contributed by atoms with Crippen LogP contribution in [-0.2, 0) is 11.2 Å². The highest BCUT2D eigenvalue weighted by atomic mass is 35.5. The number of ether oxygens (including phenoxy) is 1. The molecule has 1 atom stereocenters. The van der Waals surface area contributed by atoms with E-state index in [-0.39, 0.29) is 11.8 Å². The molecule has 0 aliphatic carbocycles. The molecule has 0 radical (unpaired) electrons. The Balaban J connectivity index is 1.43. The molecule has 1 unspecified atom stereocenters. The van der Waals surface area contributed by atoms with Gasteiger partial charge in [-0.15, -0.1) is 0 Å². The third kappa shape index (κ3) is 3.87. The van der Waals surface area contributed by atoms with Gasteiger partial charge in [-0.25, -0.2) is 0 Å². The van der Waals surface area contributed by atoms with Gasteiger partial charge >= 0.3 is 0 Å². The van der Waals surface area contributed by atoms with Crippen molar-refractivity contribution in [3.63, 3.8) is 0 Å². The molecule has 2 heterocycles. The van der Waals surface area contributed by atoms with Gasteiger partial charge in [0.05, 0.1) is 18.6 Å². The van der Waals surface area contributed by atoms with Crippen molar-refractivity contribution in [1.82, 2.24) is 15.0 Å². The molecule has 144 valence electrons. The highest BCUT2D eigenvalue weighted by Crippen LogP contribution is 2.31. The second-order valence-electron chi connectivity index (χ2n) is 6.77. The molecular formula is C21H20ClN3O3. The second-order valence-corrected chi connectivity index (χ2v) is 7.21. The van der Waals surface area contributed by atoms with Crippen LogP contribution in [-0.4, -0.2) is 41.1 Å². The predicted octanol–water partition coefficient (Wildman–Crippen LogP) is 3.96. The molecule has 1 aliphatic heterocycles. The zero-order valence-corrected chi connectivity index (χ0v) is 16.2. The summed E-state index contributed by atoms with van der Waals surface area (Å²) in [6.45, 7) is 1.24. The number of halogens is 1. The van der Waals surface area contributed by atoms with E-state index in [1.807, 2.05) is 53.4 Å². The molecule has 0 spiro atoms. The first-order valence-corrected chi connectivity index (χ1v) is 9.51. The number of hydrogen-bond acceptors (Lipinski definition) is 5. The maximum Gasteiger partial charge on any atom is 0.232 e. The number of benzene rings is 2. The fourth-order valence-corrected chi connectivity index (χ4v) is 3.53. The number of para-hydroxylation sites is 1. The van der Waals surface area contributed by atoms with Gasteiger partial charge in [-0.2, -0.15) is 4.98 Å². The summed E-state index contributed by atoms with van der Waals surface area (Å²) in [6.07, 6.45) is 1.17. The highest BCUT2D eigenvalue weighted by Gasteiger charge is 2.34. The number of rotatable bonds is 6. The molecule has 3 aromatic rings. The molecular weight excluding hydrogens is 378 g/mol. The molecule has 0 saturated carbocycles. The SMILES string of the molecule is COc1ccccc1-c1noc(C2CC(=O)N(CCc3ccc(Cl)cc3)C2)n1. The molecule has 2 aromatic carbocycles. The first-order chi connectivity index (χ1) is 13.6. The molecule has 4 rings (SSSR count). The van der Waals surface area contributed by atoms with Crippen LogP contribution in [0.1, 0.15) is 23.8 Å². The predicted molar refractivity (Wildman–Crippen MR) is 105 cm³/mol. The summed E-state index contributed by atoms with van der Waals surface area (Å²) < 4.78 is 10.8. The number of methoxy groups -OCH3 is 1. The molecule has 7 heteroatoms. The minimum absolute atomic E-state index is 0.0892. The summed E-state index contributed by atoms with van der Waals surface area (Å²) in [6, 6.07) is 15.2. The van der Waals surface area contributed by atoms with Crippen LogP contribution in [0.2, 0.25) is 5.02 Å². The fraction of sp³-hybridized carbons (Fsp3) is 0.286. The van der Waals surface area contributed by atoms with E-state index in [1.54, 1.807) is 7.11 Å². The lowest BCUT2D eigenvalue weighted by atomic mass is 10.1. The fourth-order valence-electron chi connectivity index (χ4n) is 3.41. The maximum atomic E-state index is 12.4. The third-order valence-electron chi connectivity index (χ3n) is 4.94. The number of amides is 1. The lowest BCUT2D eigenvalue weighted by Crippen LogP contribution is -2.27. The van der Waals surface area contributed by atoms with Crippen LogP contribution in [0, 0.1) is 0 Å². The van der Waals surface area contributed by atoms with Gasteiger partial charge in [0.15, 0.2) is 0 Å². The van der Waals surface area contributed by atoms with Gasteiger partial charge < -0.3 is 14.2 Å². The van der Waals surface area contributed by atoms with E-state index in [2.05, 4.69) is 10.1 Å². The molecule has 1 aromatic heterocycles. The number of likely N-dealkylation sites (tertiary alicyclic amines) is 1. The van der Waals surface area contributed by atoms with Crippen molar-refractivity contribution in [2.45, 2.75) is 18.8 Å². The monoisotopic (exact) mass is 397 g/mol. The second kappa shape index (κ2) is 8.02. The minimum atomic E-state index is -0.0892. The van der Waals surface area contributed by atoms with Crippen molar-refractivity contribution >= 4 is 17.5 Å². The average molecular weight is 398 g/mol. The quantitative estimate of drug-likeness (QED) is 0.629. The smallest absolute Gasteiger partial charge is 0.232 e. The van der Waals surface area contributed by atoms with E-state index < -0.39 is 0 Å². The molecule has 0 bridgehead atoms. The largest absolute Gasteiger partial charge is 0.496 e. The Bertz CT molecular complexity index is 971. The Labute approximate surface area is 168 Å². The van der Waals surface area contributed by atoms with E-state index >= 15 is 0 Å². The van der Waals surface area contributed by atoms with Crippen LogP contribution in [0.25, 0.3) is 11.4 Å². The van der Waals surface area contributed by atoms with E-state index in [9.17, 15) is 4.79 Å². The Kier molecular flexibility index (Phi) is 5.30. The average Bonchev–Trinajstić information content (AvgIpc) is 3.34. The number of aromatic nitrogens is 2. The molecule has 1 saturated heterocycles. The van der Waals surface area contributed by atoms with Crippen molar-refractivity contribution in [2.75, 3.05) is 20.2 Å². The van der Waals surface area contributed by atoms with Crippen molar-refractivity contribution < 1.29 is 14.1 Å². The van der Waals surface area contributed by atoms with Crippen molar-refractivity contribution in [1.29, 1.82) is 0 Å². The van der Waals surface area contributed by atoms with Crippen LogP contribution < -0.4 is 4.74 Å². The van der Waals surface area contributed by atoms with Crippen LogP contribution in [0.3, 0.4) is 0 Å². The lowest BCUT2D eigenvalue weighted by molar-refractivity contribution is -0.127. The molecule has 1 amide bonds. The van der Waals surface area contributed by atoms with Crippen molar-refractivity contribution in [2.24, 2.45) is 0 Å². The first kappa shape index (κ1) is 18.5. The van der Waals surface area contributed by atoms with E-state index in [4.69, 9.17) is 20.9 Å². The summed E-state index contributed by atoms with van der Waals surface area (Å²) in [5.41, 5.74) is 1.92. The Morgan fingerprint density at radius 1 is 1.21 bits per heavy atom. The van der Waals surface area contributed by atoms with E-state index in [0.29, 0.717) is 42.0 Å². The summed E-state index contributed by atoms with van der Waals surface area (Å²) in [7, 11) is 1.61. The van der Waals surface area contributed by atoms with Gasteiger partial charge in [-0.1, -0.05) is 41.0 Å². The van der Waals surface area contributed by atoms with E-state index in [1.165, 1.54) is 0 Å². The Morgan fingerprint density at radius 2 is 2.00 bits per heavy atom. The standard InChI is InChI=1S/C21H20ClN3O3/c1-27-18-5-3-2-4-17(18)20-23-21(28-24-20)15-12-19(26)25(13-15)11-10-14-6-8-16(22)9-7-14/h2-9,15H,10-13H2,1H3. The van der Waals surface area contributed by atoms with Gasteiger partial charge in [-0.05, 0) is 36.2 Å². The summed E-state index contributed by atoms with van der Waals surface area (Å²) in [4.78, 5) is 18.8. The van der Waals surface area contributed by atoms with Gasteiger partial charge in [0, 0.05) is 24.5 Å². The highest BCUT2D eigenvalue weighted by molar-refractivity contribution is 6.30. The number of carbonyl (C=O) groups is 1. The molecule has 1 fully saturated rings. The molecule has 28 heavy (non-hydrogen) atoms. The summed E-state index contributed by atoms with van der Waals surface area (Å²) in [5.74, 6) is 1.66. The van der Waals surface area contributed by atoms with Crippen LogP contribution >= 0.6 is 11.6 Å². The van der Waals surface area contributed by atoms with Crippen LogP contribution in [0.5, 0.6) is 5.75 Å². The zero-order chi connectivity index (χ0) is 19.5. The Hall–Kier alpha value is -2.86. The minimum Gasteiger partial charge on any atom is -0.496 e. The lowest BCUT2D eigenvalue weighted by Gasteiger charge is -2.15. The van der Waals surface area contributed by atoms with E-state index in [0.717, 1.165) is 17.5 Å². The van der Waals surface area contributed by atoms with Crippen LogP contribution in [0.15, 0.2) is 53.1 Å². The third-order valence-corrected chi connectivity index (χ3v) is 5.19. The number of carbonyl (C=O) groups excluding carboxylic acids is 1. The molecule has 6 nitrogen and oxygen atoms in total. The summed E-state index contributed by atoms with van der Waals surface area (Å²) >= 11 is 5.92. The number of hydrogen-bond donors (Lipinski definition) is 0.